The first-order valence-electron chi connectivity index (χ1n) is 6.27. The van der Waals surface area contributed by atoms with Crippen molar-refractivity contribution in [2.45, 2.75) is 18.9 Å². The fourth-order valence-corrected chi connectivity index (χ4v) is 2.46. The molecule has 0 aliphatic carbocycles. The number of likely N-dealkylation sites (tertiary alicyclic amines) is 1. The first kappa shape index (κ1) is 14.4. The standard InChI is InChI=1S/C13H17BrFN3O/c14-9-1-2-11(15)12(7-9)17-13(19)8-18-5-3-10(16)4-6-18/h1-2,7,10H,3-6,8,16H2,(H,17,19). The molecule has 1 aliphatic rings. The van der Waals surface area contributed by atoms with Crippen LogP contribution in [0.2, 0.25) is 0 Å². The molecule has 3 N–H and O–H groups in total. The monoisotopic (exact) mass is 329 g/mol. The maximum Gasteiger partial charge on any atom is 0.238 e. The van der Waals surface area contributed by atoms with Gasteiger partial charge >= 0.3 is 0 Å². The van der Waals surface area contributed by atoms with Crippen molar-refractivity contribution in [3.63, 3.8) is 0 Å². The largest absolute Gasteiger partial charge is 0.328 e. The van der Waals surface area contributed by atoms with Gasteiger partial charge in [0.15, 0.2) is 0 Å². The molecule has 2 rings (SSSR count). The zero-order valence-electron chi connectivity index (χ0n) is 10.5. The normalized spacial score (nSPS) is 17.4. The van der Waals surface area contributed by atoms with Gasteiger partial charge in [-0.1, -0.05) is 15.9 Å². The van der Waals surface area contributed by atoms with Crippen molar-refractivity contribution >= 4 is 27.5 Å². The van der Waals surface area contributed by atoms with Crippen LogP contribution in [0.4, 0.5) is 10.1 Å². The molecule has 0 aromatic heterocycles. The lowest BCUT2D eigenvalue weighted by atomic mass is 10.1. The highest BCUT2D eigenvalue weighted by Crippen LogP contribution is 2.20. The molecule has 4 nitrogen and oxygen atoms in total. The molecule has 1 heterocycles. The Morgan fingerprint density at radius 2 is 2.16 bits per heavy atom. The van der Waals surface area contributed by atoms with Gasteiger partial charge in [-0.2, -0.15) is 0 Å². The fourth-order valence-electron chi connectivity index (χ4n) is 2.10. The van der Waals surface area contributed by atoms with Gasteiger partial charge in [-0.25, -0.2) is 4.39 Å². The number of halogens is 2. The number of piperidine rings is 1. The second-order valence-electron chi connectivity index (χ2n) is 4.79. The van der Waals surface area contributed by atoms with E-state index in [2.05, 4.69) is 21.2 Å². The summed E-state index contributed by atoms with van der Waals surface area (Å²) in [5.74, 6) is -0.635. The number of nitrogens with zero attached hydrogens (tertiary/aromatic N) is 1. The molecule has 1 saturated heterocycles. The lowest BCUT2D eigenvalue weighted by Gasteiger charge is -2.29. The van der Waals surface area contributed by atoms with Crippen LogP contribution in [0.15, 0.2) is 22.7 Å². The Labute approximate surface area is 120 Å². The van der Waals surface area contributed by atoms with E-state index in [0.717, 1.165) is 30.4 Å². The zero-order chi connectivity index (χ0) is 13.8. The highest BCUT2D eigenvalue weighted by atomic mass is 79.9. The minimum Gasteiger partial charge on any atom is -0.328 e. The predicted octanol–water partition coefficient (Wildman–Crippen LogP) is 1.95. The van der Waals surface area contributed by atoms with Crippen molar-refractivity contribution in [3.8, 4) is 0 Å². The Morgan fingerprint density at radius 1 is 1.47 bits per heavy atom. The number of benzene rings is 1. The lowest BCUT2D eigenvalue weighted by Crippen LogP contribution is -2.43. The van der Waals surface area contributed by atoms with Crippen LogP contribution in [0.5, 0.6) is 0 Å². The summed E-state index contributed by atoms with van der Waals surface area (Å²) >= 11 is 3.25. The van der Waals surface area contributed by atoms with Gasteiger partial charge in [0.05, 0.1) is 12.2 Å². The molecule has 104 valence electrons. The summed E-state index contributed by atoms with van der Waals surface area (Å²) < 4.78 is 14.2. The van der Waals surface area contributed by atoms with Crippen LogP contribution in [-0.2, 0) is 4.79 Å². The van der Waals surface area contributed by atoms with Crippen molar-refractivity contribution in [2.24, 2.45) is 5.73 Å². The van der Waals surface area contributed by atoms with Crippen LogP contribution in [0.1, 0.15) is 12.8 Å². The van der Waals surface area contributed by atoms with Crippen LogP contribution in [0, 0.1) is 5.82 Å². The maximum atomic E-state index is 13.5. The quantitative estimate of drug-likeness (QED) is 0.891. The molecule has 6 heteroatoms. The summed E-state index contributed by atoms with van der Waals surface area (Å²) in [7, 11) is 0. The van der Waals surface area contributed by atoms with Gasteiger partial charge in [-0.15, -0.1) is 0 Å². The Bertz CT molecular complexity index is 461. The van der Waals surface area contributed by atoms with E-state index in [9.17, 15) is 9.18 Å². The van der Waals surface area contributed by atoms with Crippen LogP contribution in [-0.4, -0.2) is 36.5 Å². The number of carbonyl (C=O) groups is 1. The molecule has 0 saturated carbocycles. The number of hydrogen-bond donors (Lipinski definition) is 2. The van der Waals surface area contributed by atoms with Gasteiger partial charge in [0.2, 0.25) is 5.91 Å². The minimum absolute atomic E-state index is 0.201. The van der Waals surface area contributed by atoms with E-state index in [-0.39, 0.29) is 24.2 Å². The van der Waals surface area contributed by atoms with Crippen molar-refractivity contribution in [1.29, 1.82) is 0 Å². The Kier molecular flexibility index (Phi) is 4.90. The molecule has 1 amide bonds. The molecular formula is C13H17BrFN3O. The van der Waals surface area contributed by atoms with E-state index in [1.54, 1.807) is 12.1 Å². The first-order chi connectivity index (χ1) is 9.04. The summed E-state index contributed by atoms with van der Waals surface area (Å²) in [5, 5.41) is 2.59. The van der Waals surface area contributed by atoms with E-state index >= 15 is 0 Å². The van der Waals surface area contributed by atoms with Gasteiger partial charge in [0, 0.05) is 23.6 Å². The van der Waals surface area contributed by atoms with Crippen molar-refractivity contribution < 1.29 is 9.18 Å². The molecule has 1 aromatic carbocycles. The predicted molar refractivity (Wildman–Crippen MR) is 76.4 cm³/mol. The van der Waals surface area contributed by atoms with Gasteiger partial charge in [0.25, 0.3) is 0 Å². The molecule has 1 aliphatic heterocycles. The number of rotatable bonds is 3. The third-order valence-electron chi connectivity index (χ3n) is 3.20. The highest BCUT2D eigenvalue weighted by Gasteiger charge is 2.18. The average Bonchev–Trinajstić information content (AvgIpc) is 2.37. The Balaban J connectivity index is 1.89. The SMILES string of the molecule is NC1CCN(CC(=O)Nc2cc(Br)ccc2F)CC1. The van der Waals surface area contributed by atoms with E-state index in [4.69, 9.17) is 5.73 Å². The number of nitrogens with two attached hydrogens (primary N) is 1. The number of carbonyl (C=O) groups excluding carboxylic acids is 1. The third kappa shape index (κ3) is 4.26. The van der Waals surface area contributed by atoms with Gasteiger partial charge in [-0.3, -0.25) is 9.69 Å². The van der Waals surface area contributed by atoms with E-state index < -0.39 is 5.82 Å². The first-order valence-corrected chi connectivity index (χ1v) is 7.07. The topological polar surface area (TPSA) is 58.4 Å². The molecule has 1 fully saturated rings. The molecule has 19 heavy (non-hydrogen) atoms. The minimum atomic E-state index is -0.433. The smallest absolute Gasteiger partial charge is 0.238 e. The highest BCUT2D eigenvalue weighted by molar-refractivity contribution is 9.10. The van der Waals surface area contributed by atoms with Gasteiger partial charge in [0.1, 0.15) is 5.82 Å². The summed E-state index contributed by atoms with van der Waals surface area (Å²) in [4.78, 5) is 13.9. The number of anilines is 1. The third-order valence-corrected chi connectivity index (χ3v) is 3.70. The summed E-state index contributed by atoms with van der Waals surface area (Å²) in [6.45, 7) is 1.91. The average molecular weight is 330 g/mol. The Morgan fingerprint density at radius 3 is 2.84 bits per heavy atom. The second-order valence-corrected chi connectivity index (χ2v) is 5.70. The second kappa shape index (κ2) is 6.45. The van der Waals surface area contributed by atoms with Crippen LogP contribution >= 0.6 is 15.9 Å². The molecule has 0 unspecified atom stereocenters. The van der Waals surface area contributed by atoms with Crippen molar-refractivity contribution in [2.75, 3.05) is 25.0 Å². The summed E-state index contributed by atoms with van der Waals surface area (Å²) in [6.07, 6.45) is 1.80. The summed E-state index contributed by atoms with van der Waals surface area (Å²) in [6, 6.07) is 4.71. The molecule has 0 radical (unpaired) electrons. The number of amides is 1. The van der Waals surface area contributed by atoms with Crippen LogP contribution < -0.4 is 11.1 Å². The molecule has 1 aromatic rings. The molecular weight excluding hydrogens is 313 g/mol. The van der Waals surface area contributed by atoms with E-state index in [1.165, 1.54) is 6.07 Å². The van der Waals surface area contributed by atoms with E-state index in [0.29, 0.717) is 0 Å². The van der Waals surface area contributed by atoms with Crippen LogP contribution in [0.25, 0.3) is 0 Å². The Hall–Kier alpha value is -0.980. The van der Waals surface area contributed by atoms with Gasteiger partial charge in [-0.05, 0) is 31.0 Å². The number of hydrogen-bond acceptors (Lipinski definition) is 3. The van der Waals surface area contributed by atoms with E-state index in [1.807, 2.05) is 4.90 Å². The number of nitrogens with one attached hydrogen (secondary N) is 1. The van der Waals surface area contributed by atoms with Crippen molar-refractivity contribution in [3.05, 3.63) is 28.5 Å². The fraction of sp³-hybridized carbons (Fsp3) is 0.462. The zero-order valence-corrected chi connectivity index (χ0v) is 12.1. The summed E-state index contributed by atoms with van der Waals surface area (Å²) in [5.41, 5.74) is 6.01. The van der Waals surface area contributed by atoms with Gasteiger partial charge < -0.3 is 11.1 Å². The molecule has 0 atom stereocenters. The van der Waals surface area contributed by atoms with Crippen molar-refractivity contribution in [1.82, 2.24) is 4.90 Å². The van der Waals surface area contributed by atoms with Crippen LogP contribution in [0.3, 0.4) is 0 Å². The maximum absolute atomic E-state index is 13.5. The molecule has 0 bridgehead atoms. The lowest BCUT2D eigenvalue weighted by molar-refractivity contribution is -0.117. The molecule has 0 spiro atoms.